The van der Waals surface area contributed by atoms with Gasteiger partial charge in [0.1, 0.15) is 11.8 Å². The number of carbonyl (C=O) groups is 2. The summed E-state index contributed by atoms with van der Waals surface area (Å²) < 4.78 is 5.05. The number of aryl methyl sites for hydroxylation is 2. The van der Waals surface area contributed by atoms with Crippen LogP contribution in [-0.4, -0.2) is 28.2 Å². The monoisotopic (exact) mass is 384 g/mol. The standard InChI is InChI=1S/C17H18Cl2N2O4/c1-9-14(10(2)25-21-9)3-4-16(22)20-15(17(23)24)7-11-5-12(18)8-13(19)6-11/h5-6,8,15H,3-4,7H2,1-2H3,(H,20,22)(H,23,24). The number of aromatic nitrogens is 1. The maximum atomic E-state index is 12.1. The highest BCUT2D eigenvalue weighted by Crippen LogP contribution is 2.20. The van der Waals surface area contributed by atoms with Crippen LogP contribution in [0.3, 0.4) is 0 Å². The number of carbonyl (C=O) groups excluding carboxylic acids is 1. The van der Waals surface area contributed by atoms with Crippen LogP contribution in [0.25, 0.3) is 0 Å². The third-order valence-electron chi connectivity index (χ3n) is 3.78. The normalized spacial score (nSPS) is 12.0. The van der Waals surface area contributed by atoms with Crippen molar-refractivity contribution >= 4 is 35.1 Å². The van der Waals surface area contributed by atoms with Crippen LogP contribution in [0.2, 0.25) is 10.0 Å². The number of amides is 1. The van der Waals surface area contributed by atoms with Gasteiger partial charge in [-0.3, -0.25) is 4.79 Å². The van der Waals surface area contributed by atoms with Crippen molar-refractivity contribution in [3.05, 3.63) is 50.8 Å². The van der Waals surface area contributed by atoms with Crippen LogP contribution in [0.15, 0.2) is 22.7 Å². The first-order valence-electron chi connectivity index (χ1n) is 7.65. The first-order valence-corrected chi connectivity index (χ1v) is 8.40. The molecule has 0 aliphatic rings. The minimum Gasteiger partial charge on any atom is -0.480 e. The van der Waals surface area contributed by atoms with Gasteiger partial charge in [-0.15, -0.1) is 0 Å². The van der Waals surface area contributed by atoms with Crippen molar-refractivity contribution in [1.82, 2.24) is 10.5 Å². The van der Waals surface area contributed by atoms with Gasteiger partial charge in [0, 0.05) is 28.5 Å². The van der Waals surface area contributed by atoms with Crippen LogP contribution in [0, 0.1) is 13.8 Å². The van der Waals surface area contributed by atoms with E-state index in [-0.39, 0.29) is 18.7 Å². The van der Waals surface area contributed by atoms with Crippen molar-refractivity contribution in [3.8, 4) is 0 Å². The molecule has 2 aromatic rings. The molecule has 0 saturated carbocycles. The van der Waals surface area contributed by atoms with Gasteiger partial charge in [0.15, 0.2) is 0 Å². The molecule has 1 unspecified atom stereocenters. The van der Waals surface area contributed by atoms with Gasteiger partial charge in [-0.1, -0.05) is 28.4 Å². The number of carboxylic acids is 1. The van der Waals surface area contributed by atoms with Gasteiger partial charge in [-0.25, -0.2) is 4.79 Å². The average Bonchev–Trinajstić information content (AvgIpc) is 2.82. The molecule has 1 atom stereocenters. The Balaban J connectivity index is 1.98. The van der Waals surface area contributed by atoms with E-state index >= 15 is 0 Å². The maximum absolute atomic E-state index is 12.1. The van der Waals surface area contributed by atoms with E-state index in [1.165, 1.54) is 0 Å². The van der Waals surface area contributed by atoms with E-state index in [9.17, 15) is 14.7 Å². The number of nitrogens with zero attached hydrogens (tertiary/aromatic N) is 1. The molecule has 1 amide bonds. The number of carboxylic acid groups (broad SMARTS) is 1. The summed E-state index contributed by atoms with van der Waals surface area (Å²) in [5.41, 5.74) is 2.23. The molecule has 1 heterocycles. The molecule has 6 nitrogen and oxygen atoms in total. The molecule has 1 aromatic heterocycles. The minimum absolute atomic E-state index is 0.0900. The van der Waals surface area contributed by atoms with E-state index in [1.807, 2.05) is 0 Å². The lowest BCUT2D eigenvalue weighted by Crippen LogP contribution is -2.42. The average molecular weight is 385 g/mol. The zero-order valence-corrected chi connectivity index (χ0v) is 15.3. The van der Waals surface area contributed by atoms with Gasteiger partial charge in [0.25, 0.3) is 0 Å². The van der Waals surface area contributed by atoms with Crippen LogP contribution < -0.4 is 5.32 Å². The fourth-order valence-corrected chi connectivity index (χ4v) is 3.10. The molecular weight excluding hydrogens is 367 g/mol. The number of aliphatic carboxylic acids is 1. The first kappa shape index (κ1) is 19.3. The smallest absolute Gasteiger partial charge is 0.326 e. The van der Waals surface area contributed by atoms with Crippen LogP contribution in [-0.2, 0) is 22.4 Å². The molecule has 2 rings (SSSR count). The highest BCUT2D eigenvalue weighted by Gasteiger charge is 2.21. The summed E-state index contributed by atoms with van der Waals surface area (Å²) in [4.78, 5) is 23.6. The van der Waals surface area contributed by atoms with Crippen LogP contribution in [0.4, 0.5) is 0 Å². The first-order chi connectivity index (χ1) is 11.8. The zero-order chi connectivity index (χ0) is 18.6. The van der Waals surface area contributed by atoms with Crippen molar-refractivity contribution in [2.45, 2.75) is 39.2 Å². The van der Waals surface area contributed by atoms with Crippen LogP contribution >= 0.6 is 23.2 Å². The Morgan fingerprint density at radius 1 is 1.24 bits per heavy atom. The maximum Gasteiger partial charge on any atom is 0.326 e. The quantitative estimate of drug-likeness (QED) is 0.763. The van der Waals surface area contributed by atoms with Gasteiger partial charge in [0.2, 0.25) is 5.91 Å². The summed E-state index contributed by atoms with van der Waals surface area (Å²) in [5.74, 6) is -0.823. The molecule has 25 heavy (non-hydrogen) atoms. The lowest BCUT2D eigenvalue weighted by molar-refractivity contribution is -0.141. The number of halogens is 2. The van der Waals surface area contributed by atoms with Gasteiger partial charge >= 0.3 is 5.97 Å². The molecule has 8 heteroatoms. The molecule has 134 valence electrons. The van der Waals surface area contributed by atoms with Crippen LogP contribution in [0.5, 0.6) is 0 Å². The Bertz CT molecular complexity index is 749. The molecule has 0 aliphatic heterocycles. The van der Waals surface area contributed by atoms with E-state index in [0.717, 1.165) is 11.3 Å². The SMILES string of the molecule is Cc1noc(C)c1CCC(=O)NC(Cc1cc(Cl)cc(Cl)c1)C(=O)O. The topological polar surface area (TPSA) is 92.4 Å². The number of hydrogen-bond donors (Lipinski definition) is 2. The third kappa shape index (κ3) is 5.47. The second kappa shape index (κ2) is 8.36. The van der Waals surface area contributed by atoms with Gasteiger partial charge in [0.05, 0.1) is 5.69 Å². The predicted molar refractivity (Wildman–Crippen MR) is 94.0 cm³/mol. The Kier molecular flexibility index (Phi) is 6.45. The third-order valence-corrected chi connectivity index (χ3v) is 4.22. The van der Waals surface area contributed by atoms with Crippen LogP contribution in [0.1, 0.15) is 29.0 Å². The summed E-state index contributed by atoms with van der Waals surface area (Å²) in [6.07, 6.45) is 0.665. The summed E-state index contributed by atoms with van der Waals surface area (Å²) >= 11 is 11.8. The zero-order valence-electron chi connectivity index (χ0n) is 13.8. The van der Waals surface area contributed by atoms with E-state index in [0.29, 0.717) is 27.8 Å². The molecule has 0 aliphatic carbocycles. The number of hydrogen-bond acceptors (Lipinski definition) is 4. The fraction of sp³-hybridized carbons (Fsp3) is 0.353. The minimum atomic E-state index is -1.12. The predicted octanol–water partition coefficient (Wildman–Crippen LogP) is 3.34. The van der Waals surface area contributed by atoms with E-state index in [2.05, 4.69) is 10.5 Å². The van der Waals surface area contributed by atoms with Crippen molar-refractivity contribution in [2.24, 2.45) is 0 Å². The van der Waals surface area contributed by atoms with Gasteiger partial charge in [-0.2, -0.15) is 0 Å². The molecule has 0 spiro atoms. The Labute approximate surface area is 155 Å². The number of rotatable bonds is 7. The van der Waals surface area contributed by atoms with E-state index in [1.54, 1.807) is 32.0 Å². The molecule has 0 saturated heterocycles. The lowest BCUT2D eigenvalue weighted by atomic mass is 10.0. The fourth-order valence-electron chi connectivity index (χ4n) is 2.53. The summed E-state index contributed by atoms with van der Waals surface area (Å²) in [7, 11) is 0. The lowest BCUT2D eigenvalue weighted by Gasteiger charge is -2.15. The number of benzene rings is 1. The highest BCUT2D eigenvalue weighted by atomic mass is 35.5. The molecule has 2 N–H and O–H groups in total. The molecular formula is C17H18Cl2N2O4. The van der Waals surface area contributed by atoms with Gasteiger partial charge in [-0.05, 0) is 44.0 Å². The second-order valence-electron chi connectivity index (χ2n) is 5.74. The van der Waals surface area contributed by atoms with E-state index in [4.69, 9.17) is 27.7 Å². The Morgan fingerprint density at radius 2 is 1.88 bits per heavy atom. The highest BCUT2D eigenvalue weighted by molar-refractivity contribution is 6.34. The Hall–Kier alpha value is -2.05. The summed E-state index contributed by atoms with van der Waals surface area (Å²) in [6, 6.07) is 3.75. The molecule has 0 fully saturated rings. The van der Waals surface area contributed by atoms with Crippen molar-refractivity contribution < 1.29 is 19.2 Å². The molecule has 0 bridgehead atoms. The summed E-state index contributed by atoms with van der Waals surface area (Å²) in [5, 5.41) is 16.5. The molecule has 1 aromatic carbocycles. The second-order valence-corrected chi connectivity index (χ2v) is 6.62. The van der Waals surface area contributed by atoms with E-state index < -0.39 is 12.0 Å². The van der Waals surface area contributed by atoms with Crippen molar-refractivity contribution in [1.29, 1.82) is 0 Å². The summed E-state index contributed by atoms with van der Waals surface area (Å²) in [6.45, 7) is 3.57. The van der Waals surface area contributed by atoms with Crippen molar-refractivity contribution in [3.63, 3.8) is 0 Å². The number of nitrogens with one attached hydrogen (secondary N) is 1. The largest absolute Gasteiger partial charge is 0.480 e. The Morgan fingerprint density at radius 3 is 2.40 bits per heavy atom. The van der Waals surface area contributed by atoms with Gasteiger partial charge < -0.3 is 14.9 Å². The molecule has 0 radical (unpaired) electrons. The van der Waals surface area contributed by atoms with Crippen molar-refractivity contribution in [2.75, 3.05) is 0 Å².